The lowest BCUT2D eigenvalue weighted by molar-refractivity contribution is 0.104. The van der Waals surface area contributed by atoms with Crippen LogP contribution in [0.3, 0.4) is 0 Å². The van der Waals surface area contributed by atoms with Crippen molar-refractivity contribution >= 4 is 45.7 Å². The topological polar surface area (TPSA) is 81.0 Å². The SMILES string of the molecule is Nc1c(Cl)cnc2[nH]cc(C(=O)c3ccc(Oc4ccccc4)cc3Cl)c12. The fourth-order valence-corrected chi connectivity index (χ4v) is 3.19. The molecule has 0 bridgehead atoms. The molecule has 2 aromatic carbocycles. The monoisotopic (exact) mass is 397 g/mol. The Hall–Kier alpha value is -3.02. The van der Waals surface area contributed by atoms with Gasteiger partial charge in [-0.3, -0.25) is 4.79 Å². The number of nitrogens with two attached hydrogens (primary N) is 1. The van der Waals surface area contributed by atoms with Crippen molar-refractivity contribution in [2.75, 3.05) is 5.73 Å². The Labute approximate surface area is 164 Å². The summed E-state index contributed by atoms with van der Waals surface area (Å²) >= 11 is 12.4. The summed E-state index contributed by atoms with van der Waals surface area (Å²) in [4.78, 5) is 20.1. The van der Waals surface area contributed by atoms with Crippen LogP contribution in [0.15, 0.2) is 60.9 Å². The third kappa shape index (κ3) is 3.23. The molecular weight excluding hydrogens is 385 g/mol. The average molecular weight is 398 g/mol. The summed E-state index contributed by atoms with van der Waals surface area (Å²) in [5.74, 6) is 0.928. The van der Waals surface area contributed by atoms with Crippen LogP contribution >= 0.6 is 23.2 Å². The molecule has 0 aliphatic carbocycles. The van der Waals surface area contributed by atoms with E-state index in [0.29, 0.717) is 39.3 Å². The number of hydrogen-bond acceptors (Lipinski definition) is 4. The number of nitrogen functional groups attached to an aromatic ring is 1. The number of pyridine rings is 1. The van der Waals surface area contributed by atoms with Crippen molar-refractivity contribution in [1.82, 2.24) is 9.97 Å². The smallest absolute Gasteiger partial charge is 0.196 e. The number of fused-ring (bicyclic) bond motifs is 1. The minimum Gasteiger partial charge on any atom is -0.457 e. The number of aromatic amines is 1. The number of aromatic nitrogens is 2. The van der Waals surface area contributed by atoms with Crippen LogP contribution in [0.1, 0.15) is 15.9 Å². The fraction of sp³-hybridized carbons (Fsp3) is 0. The Kier molecular flexibility index (Phi) is 4.48. The molecule has 0 radical (unpaired) electrons. The van der Waals surface area contributed by atoms with Crippen molar-refractivity contribution in [1.29, 1.82) is 0 Å². The molecule has 0 amide bonds. The molecule has 0 atom stereocenters. The van der Waals surface area contributed by atoms with Gasteiger partial charge in [-0.05, 0) is 24.3 Å². The number of nitrogens with one attached hydrogen (secondary N) is 1. The zero-order valence-corrected chi connectivity index (χ0v) is 15.4. The third-order valence-electron chi connectivity index (χ3n) is 4.10. The molecule has 0 saturated heterocycles. The predicted molar refractivity (Wildman–Crippen MR) is 107 cm³/mol. The Morgan fingerprint density at radius 1 is 1.00 bits per heavy atom. The van der Waals surface area contributed by atoms with Crippen molar-refractivity contribution in [3.8, 4) is 11.5 Å². The highest BCUT2D eigenvalue weighted by Crippen LogP contribution is 2.33. The number of carbonyl (C=O) groups is 1. The molecule has 0 unspecified atom stereocenters. The molecular formula is C20H13Cl2N3O2. The van der Waals surface area contributed by atoms with Gasteiger partial charge in [0.15, 0.2) is 5.78 Å². The molecule has 0 spiro atoms. The number of ketones is 1. The maximum atomic E-state index is 13.0. The highest BCUT2D eigenvalue weighted by Gasteiger charge is 2.20. The molecule has 3 N–H and O–H groups in total. The number of anilines is 1. The molecule has 7 heteroatoms. The van der Waals surface area contributed by atoms with Gasteiger partial charge >= 0.3 is 0 Å². The first-order valence-electron chi connectivity index (χ1n) is 8.03. The minimum atomic E-state index is -0.284. The largest absolute Gasteiger partial charge is 0.457 e. The molecule has 4 aromatic rings. The van der Waals surface area contributed by atoms with Crippen LogP contribution in [-0.4, -0.2) is 15.8 Å². The van der Waals surface area contributed by atoms with Crippen LogP contribution in [0.4, 0.5) is 5.69 Å². The first-order valence-corrected chi connectivity index (χ1v) is 8.78. The first kappa shape index (κ1) is 17.4. The lowest BCUT2D eigenvalue weighted by atomic mass is 10.0. The van der Waals surface area contributed by atoms with Gasteiger partial charge in [-0.1, -0.05) is 41.4 Å². The van der Waals surface area contributed by atoms with Crippen molar-refractivity contribution in [2.45, 2.75) is 0 Å². The quantitative estimate of drug-likeness (QED) is 0.447. The van der Waals surface area contributed by atoms with Crippen molar-refractivity contribution in [2.24, 2.45) is 0 Å². The summed E-state index contributed by atoms with van der Waals surface area (Å²) in [6.07, 6.45) is 2.99. The predicted octanol–water partition coefficient (Wildman–Crippen LogP) is 5.48. The Balaban J connectivity index is 1.70. The summed E-state index contributed by atoms with van der Waals surface area (Å²) < 4.78 is 5.74. The summed E-state index contributed by atoms with van der Waals surface area (Å²) in [6, 6.07) is 14.2. The maximum Gasteiger partial charge on any atom is 0.196 e. The first-order chi connectivity index (χ1) is 13.0. The second-order valence-electron chi connectivity index (χ2n) is 5.83. The van der Waals surface area contributed by atoms with E-state index in [1.807, 2.05) is 30.3 Å². The second-order valence-corrected chi connectivity index (χ2v) is 6.65. The third-order valence-corrected chi connectivity index (χ3v) is 4.72. The number of ether oxygens (including phenoxy) is 1. The van der Waals surface area contributed by atoms with Crippen LogP contribution in [0.25, 0.3) is 11.0 Å². The van der Waals surface area contributed by atoms with Crippen LogP contribution in [0, 0.1) is 0 Å². The van der Waals surface area contributed by atoms with Crippen molar-refractivity contribution in [3.63, 3.8) is 0 Å². The van der Waals surface area contributed by atoms with Gasteiger partial charge < -0.3 is 15.5 Å². The number of rotatable bonds is 4. The molecule has 2 heterocycles. The zero-order valence-electron chi connectivity index (χ0n) is 13.9. The second kappa shape index (κ2) is 6.95. The normalized spacial score (nSPS) is 10.9. The maximum absolute atomic E-state index is 13.0. The molecule has 134 valence electrons. The highest BCUT2D eigenvalue weighted by molar-refractivity contribution is 6.37. The van der Waals surface area contributed by atoms with Gasteiger partial charge in [0.05, 0.1) is 32.9 Å². The Morgan fingerprint density at radius 2 is 1.78 bits per heavy atom. The van der Waals surface area contributed by atoms with E-state index in [-0.39, 0.29) is 15.8 Å². The van der Waals surface area contributed by atoms with E-state index in [2.05, 4.69) is 9.97 Å². The van der Waals surface area contributed by atoms with E-state index in [0.717, 1.165) is 0 Å². The number of carbonyl (C=O) groups excluding carboxylic acids is 1. The lowest BCUT2D eigenvalue weighted by Gasteiger charge is -2.09. The molecule has 5 nitrogen and oxygen atoms in total. The fourth-order valence-electron chi connectivity index (χ4n) is 2.79. The summed E-state index contributed by atoms with van der Waals surface area (Å²) in [7, 11) is 0. The van der Waals surface area contributed by atoms with Gasteiger partial charge in [-0.15, -0.1) is 0 Å². The number of halogens is 2. The van der Waals surface area contributed by atoms with E-state index >= 15 is 0 Å². The highest BCUT2D eigenvalue weighted by atomic mass is 35.5. The van der Waals surface area contributed by atoms with E-state index in [9.17, 15) is 4.79 Å². The molecule has 0 aliphatic rings. The number of benzene rings is 2. The van der Waals surface area contributed by atoms with Crippen molar-refractivity contribution < 1.29 is 9.53 Å². The average Bonchev–Trinajstić information content (AvgIpc) is 3.10. The van der Waals surface area contributed by atoms with E-state index in [1.165, 1.54) is 6.20 Å². The summed E-state index contributed by atoms with van der Waals surface area (Å²) in [5, 5.41) is 1.04. The van der Waals surface area contributed by atoms with Crippen LogP contribution < -0.4 is 10.5 Å². The molecule has 0 fully saturated rings. The zero-order chi connectivity index (χ0) is 19.0. The lowest BCUT2D eigenvalue weighted by Crippen LogP contribution is -2.03. The van der Waals surface area contributed by atoms with Crippen LogP contribution in [0.5, 0.6) is 11.5 Å². The Morgan fingerprint density at radius 3 is 2.52 bits per heavy atom. The standard InChI is InChI=1S/C20H13Cl2N3O2/c21-15-8-12(27-11-4-2-1-3-5-11)6-7-13(15)19(26)14-9-24-20-17(14)18(23)16(22)10-25-20/h1-10H,(H3,23,24,25). The van der Waals surface area contributed by atoms with Gasteiger partial charge in [0.2, 0.25) is 0 Å². The van der Waals surface area contributed by atoms with E-state index < -0.39 is 0 Å². The van der Waals surface area contributed by atoms with Gasteiger partial charge in [-0.25, -0.2) is 4.98 Å². The van der Waals surface area contributed by atoms with Gasteiger partial charge in [0.25, 0.3) is 0 Å². The molecule has 0 aliphatic heterocycles. The van der Waals surface area contributed by atoms with Crippen LogP contribution in [-0.2, 0) is 0 Å². The Bertz CT molecular complexity index is 1160. The number of H-pyrrole nitrogens is 1. The molecule has 4 rings (SSSR count). The number of hydrogen-bond donors (Lipinski definition) is 2. The van der Waals surface area contributed by atoms with E-state index in [4.69, 9.17) is 33.7 Å². The molecule has 27 heavy (non-hydrogen) atoms. The van der Waals surface area contributed by atoms with Crippen molar-refractivity contribution in [3.05, 3.63) is 82.1 Å². The van der Waals surface area contributed by atoms with Gasteiger partial charge in [0, 0.05) is 17.8 Å². The number of para-hydroxylation sites is 1. The van der Waals surface area contributed by atoms with Gasteiger partial charge in [0.1, 0.15) is 17.1 Å². The van der Waals surface area contributed by atoms with Crippen LogP contribution in [0.2, 0.25) is 10.0 Å². The number of nitrogens with zero attached hydrogens (tertiary/aromatic N) is 1. The molecule has 0 saturated carbocycles. The summed E-state index contributed by atoms with van der Waals surface area (Å²) in [6.45, 7) is 0. The van der Waals surface area contributed by atoms with Gasteiger partial charge in [-0.2, -0.15) is 0 Å². The van der Waals surface area contributed by atoms with E-state index in [1.54, 1.807) is 24.4 Å². The summed E-state index contributed by atoms with van der Waals surface area (Å²) in [5.41, 5.74) is 7.50. The molecule has 2 aromatic heterocycles. The minimum absolute atomic E-state index is 0.274.